The van der Waals surface area contributed by atoms with Gasteiger partial charge in [-0.25, -0.2) is 9.78 Å². The normalized spacial score (nSPS) is 11.5. The Labute approximate surface area is 116 Å². The van der Waals surface area contributed by atoms with Crippen molar-refractivity contribution in [2.45, 2.75) is 0 Å². The fraction of sp³-hybridized carbons (Fsp3) is 0.0714. The average Bonchev–Trinajstić information content (AvgIpc) is 3.09. The number of H-pyrrole nitrogens is 2. The Morgan fingerprint density at radius 1 is 1.19 bits per heavy atom. The molecule has 3 heterocycles. The third-order valence-electron chi connectivity index (χ3n) is 3.41. The van der Waals surface area contributed by atoms with Crippen molar-refractivity contribution < 1.29 is 4.42 Å². The number of aromatic nitrogens is 4. The highest BCUT2D eigenvalue weighted by atomic mass is 16.3. The number of rotatable bonds is 1. The second-order valence-corrected chi connectivity index (χ2v) is 4.75. The smallest absolute Gasteiger partial charge is 0.329 e. The van der Waals surface area contributed by atoms with Gasteiger partial charge in [0.2, 0.25) is 0 Å². The molecule has 0 saturated heterocycles. The van der Waals surface area contributed by atoms with Gasteiger partial charge in [-0.05, 0) is 12.1 Å². The molecule has 21 heavy (non-hydrogen) atoms. The van der Waals surface area contributed by atoms with Crippen molar-refractivity contribution in [1.29, 1.82) is 0 Å². The SMILES string of the molecule is Cn1c(=O)[nH]c(=O)c2[nH]c(-c3cc4ccccc4o3)nc21. The maximum atomic E-state index is 11.8. The number of benzene rings is 1. The van der Waals surface area contributed by atoms with Gasteiger partial charge >= 0.3 is 5.69 Å². The zero-order valence-corrected chi connectivity index (χ0v) is 11.0. The topological polar surface area (TPSA) is 96.7 Å². The van der Waals surface area contributed by atoms with E-state index in [1.165, 1.54) is 4.57 Å². The Bertz CT molecular complexity index is 1060. The molecule has 0 unspecified atom stereocenters. The fourth-order valence-electron chi connectivity index (χ4n) is 2.32. The average molecular weight is 282 g/mol. The predicted molar refractivity (Wildman–Crippen MR) is 77.2 cm³/mol. The van der Waals surface area contributed by atoms with Crippen LogP contribution in [-0.2, 0) is 7.05 Å². The summed E-state index contributed by atoms with van der Waals surface area (Å²) in [5, 5.41) is 0.941. The van der Waals surface area contributed by atoms with Crippen LogP contribution < -0.4 is 11.2 Å². The molecule has 0 radical (unpaired) electrons. The molecular formula is C14H10N4O3. The zero-order valence-electron chi connectivity index (χ0n) is 11.0. The van der Waals surface area contributed by atoms with Crippen molar-refractivity contribution in [3.8, 4) is 11.6 Å². The molecule has 4 rings (SSSR count). The number of aromatic amines is 2. The minimum absolute atomic E-state index is 0.243. The Morgan fingerprint density at radius 3 is 2.81 bits per heavy atom. The van der Waals surface area contributed by atoms with Crippen LogP contribution in [0.3, 0.4) is 0 Å². The molecule has 0 aliphatic rings. The minimum atomic E-state index is -0.504. The first-order valence-electron chi connectivity index (χ1n) is 6.31. The van der Waals surface area contributed by atoms with Gasteiger partial charge in [-0.15, -0.1) is 0 Å². The van der Waals surface area contributed by atoms with Gasteiger partial charge < -0.3 is 9.40 Å². The van der Waals surface area contributed by atoms with Crippen LogP contribution in [0.4, 0.5) is 0 Å². The van der Waals surface area contributed by atoms with Gasteiger partial charge in [-0.3, -0.25) is 14.3 Å². The monoisotopic (exact) mass is 282 g/mol. The summed E-state index contributed by atoms with van der Waals surface area (Å²) >= 11 is 0. The third-order valence-corrected chi connectivity index (χ3v) is 3.41. The highest BCUT2D eigenvalue weighted by Gasteiger charge is 2.14. The molecule has 4 aromatic rings. The molecule has 0 aliphatic heterocycles. The van der Waals surface area contributed by atoms with Gasteiger partial charge in [0.15, 0.2) is 17.2 Å². The molecule has 0 atom stereocenters. The molecule has 0 spiro atoms. The summed E-state index contributed by atoms with van der Waals surface area (Å²) in [6.45, 7) is 0. The first-order chi connectivity index (χ1) is 10.1. The van der Waals surface area contributed by atoms with Crippen LogP contribution >= 0.6 is 0 Å². The van der Waals surface area contributed by atoms with Crippen LogP contribution in [0.5, 0.6) is 0 Å². The van der Waals surface area contributed by atoms with Crippen molar-refractivity contribution in [3.05, 3.63) is 51.2 Å². The number of para-hydroxylation sites is 1. The van der Waals surface area contributed by atoms with E-state index in [1.807, 2.05) is 30.3 Å². The molecule has 7 nitrogen and oxygen atoms in total. The molecule has 0 fully saturated rings. The molecule has 0 saturated carbocycles. The number of nitrogens with one attached hydrogen (secondary N) is 2. The van der Waals surface area contributed by atoms with Crippen LogP contribution in [0, 0.1) is 0 Å². The fourth-order valence-corrected chi connectivity index (χ4v) is 2.32. The molecule has 2 N–H and O–H groups in total. The van der Waals surface area contributed by atoms with Crippen molar-refractivity contribution in [3.63, 3.8) is 0 Å². The summed E-state index contributed by atoms with van der Waals surface area (Å²) in [5.41, 5.74) is 0.264. The van der Waals surface area contributed by atoms with E-state index < -0.39 is 11.2 Å². The van der Waals surface area contributed by atoms with Crippen molar-refractivity contribution in [2.75, 3.05) is 0 Å². The van der Waals surface area contributed by atoms with Gasteiger partial charge in [0.05, 0.1) is 0 Å². The van der Waals surface area contributed by atoms with Crippen molar-refractivity contribution in [2.24, 2.45) is 7.05 Å². The van der Waals surface area contributed by atoms with Crippen LogP contribution in [0.2, 0.25) is 0 Å². The van der Waals surface area contributed by atoms with E-state index >= 15 is 0 Å². The van der Waals surface area contributed by atoms with E-state index in [-0.39, 0.29) is 5.52 Å². The summed E-state index contributed by atoms with van der Waals surface area (Å²) in [7, 11) is 1.55. The summed E-state index contributed by atoms with van der Waals surface area (Å²) in [4.78, 5) is 32.8. The number of hydrogen-bond acceptors (Lipinski definition) is 4. The van der Waals surface area contributed by atoms with Crippen LogP contribution in [0.1, 0.15) is 0 Å². The Morgan fingerprint density at radius 2 is 2.00 bits per heavy atom. The predicted octanol–water partition coefficient (Wildman–Crippen LogP) is 1.36. The lowest BCUT2D eigenvalue weighted by Crippen LogP contribution is -2.28. The van der Waals surface area contributed by atoms with Gasteiger partial charge in [-0.2, -0.15) is 0 Å². The Kier molecular flexibility index (Phi) is 2.20. The second kappa shape index (κ2) is 3.95. The lowest BCUT2D eigenvalue weighted by Gasteiger charge is -1.94. The van der Waals surface area contributed by atoms with Crippen LogP contribution in [0.15, 0.2) is 44.3 Å². The van der Waals surface area contributed by atoms with E-state index in [1.54, 1.807) is 7.05 Å². The zero-order chi connectivity index (χ0) is 14.6. The highest BCUT2D eigenvalue weighted by Crippen LogP contribution is 2.26. The van der Waals surface area contributed by atoms with Crippen LogP contribution in [0.25, 0.3) is 33.7 Å². The first-order valence-corrected chi connectivity index (χ1v) is 6.31. The summed E-state index contributed by atoms with van der Waals surface area (Å²) in [6.07, 6.45) is 0. The maximum absolute atomic E-state index is 11.8. The lowest BCUT2D eigenvalue weighted by atomic mass is 10.2. The van der Waals surface area contributed by atoms with Crippen LogP contribution in [-0.4, -0.2) is 19.5 Å². The molecule has 0 amide bonds. The largest absolute Gasteiger partial charge is 0.453 e. The number of furan rings is 1. The van der Waals surface area contributed by atoms with E-state index in [2.05, 4.69) is 15.0 Å². The molecule has 0 bridgehead atoms. The van der Waals surface area contributed by atoms with Crippen molar-refractivity contribution >= 4 is 22.1 Å². The number of nitrogens with zero attached hydrogens (tertiary/aromatic N) is 2. The lowest BCUT2D eigenvalue weighted by molar-refractivity contribution is 0.626. The number of fused-ring (bicyclic) bond motifs is 2. The van der Waals surface area contributed by atoms with E-state index in [4.69, 9.17) is 4.42 Å². The maximum Gasteiger partial charge on any atom is 0.329 e. The molecule has 0 aliphatic carbocycles. The standard InChI is InChI=1S/C14H10N4O3/c1-18-12-10(13(19)17-14(18)20)15-11(16-12)9-6-7-4-2-3-5-8(7)21-9/h2-6H,1H3,(H,15,16)(H,17,19,20). The molecule has 3 aromatic heterocycles. The second-order valence-electron chi connectivity index (χ2n) is 4.75. The number of aryl methyl sites for hydroxylation is 1. The quantitative estimate of drug-likeness (QED) is 0.551. The van der Waals surface area contributed by atoms with Gasteiger partial charge in [0.1, 0.15) is 11.1 Å². The minimum Gasteiger partial charge on any atom is -0.453 e. The van der Waals surface area contributed by atoms with E-state index in [0.717, 1.165) is 11.0 Å². The van der Waals surface area contributed by atoms with Gasteiger partial charge in [0.25, 0.3) is 5.56 Å². The third kappa shape index (κ3) is 1.64. The van der Waals surface area contributed by atoms with E-state index in [0.29, 0.717) is 17.2 Å². The van der Waals surface area contributed by atoms with Gasteiger partial charge in [0, 0.05) is 12.4 Å². The molecule has 1 aromatic carbocycles. The number of imidazole rings is 1. The number of hydrogen-bond donors (Lipinski definition) is 2. The summed E-state index contributed by atoms with van der Waals surface area (Å²) in [6, 6.07) is 9.40. The molecule has 104 valence electrons. The Balaban J connectivity index is 2.03. The summed E-state index contributed by atoms with van der Waals surface area (Å²) in [5.74, 6) is 0.923. The molecular weight excluding hydrogens is 272 g/mol. The highest BCUT2D eigenvalue weighted by molar-refractivity contribution is 5.83. The van der Waals surface area contributed by atoms with Crippen molar-refractivity contribution in [1.82, 2.24) is 19.5 Å². The summed E-state index contributed by atoms with van der Waals surface area (Å²) < 4.78 is 6.98. The van der Waals surface area contributed by atoms with Gasteiger partial charge in [-0.1, -0.05) is 18.2 Å². The Hall–Kier alpha value is -3.09. The first kappa shape index (κ1) is 11.7. The van der Waals surface area contributed by atoms with E-state index in [9.17, 15) is 9.59 Å². The molecule has 7 heteroatoms.